The van der Waals surface area contributed by atoms with Gasteiger partial charge in [-0.05, 0) is 63.3 Å². The van der Waals surface area contributed by atoms with Gasteiger partial charge in [-0.25, -0.2) is 13.1 Å². The summed E-state index contributed by atoms with van der Waals surface area (Å²) in [5.74, 6) is 0. The first kappa shape index (κ1) is 20.2. The van der Waals surface area contributed by atoms with E-state index in [0.29, 0.717) is 16.8 Å². The molecule has 2 saturated carbocycles. The highest BCUT2D eigenvalue weighted by molar-refractivity contribution is 7.89. The summed E-state index contributed by atoms with van der Waals surface area (Å²) in [6.07, 6.45) is 9.25. The van der Waals surface area contributed by atoms with Crippen LogP contribution in [0.2, 0.25) is 0 Å². The maximum absolute atomic E-state index is 12.7. The number of aromatic nitrogens is 3. The maximum atomic E-state index is 12.7. The zero-order chi connectivity index (χ0) is 21.8. The molecule has 31 heavy (non-hydrogen) atoms. The molecule has 0 amide bonds. The van der Waals surface area contributed by atoms with E-state index in [9.17, 15) is 13.7 Å². The Bertz CT molecular complexity index is 1310. The second-order valence-electron chi connectivity index (χ2n) is 9.07. The lowest BCUT2D eigenvalue weighted by molar-refractivity contribution is 0.539. The van der Waals surface area contributed by atoms with E-state index >= 15 is 0 Å². The van der Waals surface area contributed by atoms with Crippen molar-refractivity contribution >= 4 is 21.1 Å². The predicted molar refractivity (Wildman–Crippen MR) is 118 cm³/mol. The van der Waals surface area contributed by atoms with Crippen LogP contribution in [-0.4, -0.2) is 28.5 Å². The van der Waals surface area contributed by atoms with Crippen LogP contribution in [0.4, 0.5) is 0 Å². The summed E-state index contributed by atoms with van der Waals surface area (Å²) in [5.41, 5.74) is 4.13. The van der Waals surface area contributed by atoms with Gasteiger partial charge in [0.25, 0.3) is 0 Å². The Balaban J connectivity index is 1.64. The SMILES string of the molecule is Cc1cnc2c(C#N)c(-c3ccc(S(=O)(=O)NC4(C)CC4)cn3)n(C3CCCC3)c2c1. The van der Waals surface area contributed by atoms with E-state index in [1.54, 1.807) is 18.3 Å². The van der Waals surface area contributed by atoms with Gasteiger partial charge in [0.2, 0.25) is 10.0 Å². The van der Waals surface area contributed by atoms with E-state index in [-0.39, 0.29) is 16.5 Å². The number of fused-ring (bicyclic) bond motifs is 1. The van der Waals surface area contributed by atoms with Crippen LogP contribution in [0.3, 0.4) is 0 Å². The molecule has 0 saturated heterocycles. The van der Waals surface area contributed by atoms with Crippen LogP contribution in [0.25, 0.3) is 22.4 Å². The number of pyridine rings is 2. The predicted octanol–water partition coefficient (Wildman–Crippen LogP) is 4.22. The average molecular weight is 436 g/mol. The Hall–Kier alpha value is -2.76. The van der Waals surface area contributed by atoms with Gasteiger partial charge in [-0.15, -0.1) is 0 Å². The Kier molecular flexibility index (Phi) is 4.65. The summed E-state index contributed by atoms with van der Waals surface area (Å²) in [5, 5.41) is 9.98. The molecule has 8 heteroatoms. The number of rotatable bonds is 5. The Morgan fingerprint density at radius 3 is 2.55 bits per heavy atom. The molecule has 2 fully saturated rings. The number of hydrogen-bond donors (Lipinski definition) is 1. The third-order valence-corrected chi connectivity index (χ3v) is 8.07. The largest absolute Gasteiger partial charge is 0.334 e. The van der Waals surface area contributed by atoms with Crippen molar-refractivity contribution in [3.05, 3.63) is 41.7 Å². The lowest BCUT2D eigenvalue weighted by Gasteiger charge is -2.18. The van der Waals surface area contributed by atoms with E-state index in [1.165, 1.54) is 6.20 Å². The molecule has 5 rings (SSSR count). The van der Waals surface area contributed by atoms with E-state index < -0.39 is 10.0 Å². The van der Waals surface area contributed by atoms with Gasteiger partial charge in [-0.3, -0.25) is 9.97 Å². The molecular formula is C23H25N5O2S. The molecule has 3 aromatic heterocycles. The fraction of sp³-hybridized carbons (Fsp3) is 0.435. The van der Waals surface area contributed by atoms with Crippen LogP contribution in [0, 0.1) is 18.3 Å². The molecule has 1 N–H and O–H groups in total. The molecule has 0 bridgehead atoms. The molecule has 0 atom stereocenters. The highest BCUT2D eigenvalue weighted by Crippen LogP contribution is 2.40. The second kappa shape index (κ2) is 7.14. The normalized spacial score (nSPS) is 18.4. The van der Waals surface area contributed by atoms with Gasteiger partial charge in [0, 0.05) is 24.0 Å². The fourth-order valence-electron chi connectivity index (χ4n) is 4.53. The van der Waals surface area contributed by atoms with Crippen molar-refractivity contribution in [2.24, 2.45) is 0 Å². The van der Waals surface area contributed by atoms with Crippen LogP contribution < -0.4 is 4.72 Å². The first-order valence-corrected chi connectivity index (χ1v) is 12.2. The number of hydrogen-bond acceptors (Lipinski definition) is 5. The molecule has 0 aromatic carbocycles. The standard InChI is InChI=1S/C23H25N5O2S/c1-15-11-20-21(26-13-15)18(12-24)22(28(20)16-5-3-4-6-16)19-8-7-17(14-25-19)31(29,30)27-23(2)9-10-23/h7-8,11,13-14,16,27H,3-6,9-10H2,1-2H3. The molecular weight excluding hydrogens is 410 g/mol. The van der Waals surface area contributed by atoms with Crippen molar-refractivity contribution in [1.29, 1.82) is 5.26 Å². The summed E-state index contributed by atoms with van der Waals surface area (Å²) in [6.45, 7) is 3.90. The fourth-order valence-corrected chi connectivity index (χ4v) is 5.94. The van der Waals surface area contributed by atoms with Crippen LogP contribution in [0.5, 0.6) is 0 Å². The van der Waals surface area contributed by atoms with Crippen LogP contribution in [-0.2, 0) is 10.0 Å². The first-order valence-electron chi connectivity index (χ1n) is 10.7. The molecule has 0 unspecified atom stereocenters. The highest BCUT2D eigenvalue weighted by Gasteiger charge is 2.41. The molecule has 160 valence electrons. The lowest BCUT2D eigenvalue weighted by Crippen LogP contribution is -2.34. The van der Waals surface area contributed by atoms with Gasteiger partial charge in [0.15, 0.2) is 0 Å². The number of sulfonamides is 1. The molecule has 0 aliphatic heterocycles. The molecule has 3 heterocycles. The quantitative estimate of drug-likeness (QED) is 0.646. The van der Waals surface area contributed by atoms with Gasteiger partial charge in [0.05, 0.1) is 16.9 Å². The molecule has 2 aliphatic rings. The zero-order valence-electron chi connectivity index (χ0n) is 17.7. The van der Waals surface area contributed by atoms with Gasteiger partial charge in [-0.1, -0.05) is 12.8 Å². The molecule has 0 spiro atoms. The summed E-state index contributed by atoms with van der Waals surface area (Å²) >= 11 is 0. The van der Waals surface area contributed by atoms with Crippen molar-refractivity contribution < 1.29 is 8.42 Å². The Morgan fingerprint density at radius 1 is 1.19 bits per heavy atom. The van der Waals surface area contributed by atoms with E-state index in [1.807, 2.05) is 13.8 Å². The number of nitriles is 1. The minimum atomic E-state index is -3.62. The highest BCUT2D eigenvalue weighted by atomic mass is 32.2. The molecule has 0 radical (unpaired) electrons. The van der Waals surface area contributed by atoms with Crippen LogP contribution >= 0.6 is 0 Å². The van der Waals surface area contributed by atoms with Crippen molar-refractivity contribution in [2.75, 3.05) is 0 Å². The third-order valence-electron chi connectivity index (χ3n) is 6.45. The number of nitrogens with zero attached hydrogens (tertiary/aromatic N) is 4. The van der Waals surface area contributed by atoms with Crippen LogP contribution in [0.15, 0.2) is 35.5 Å². The third kappa shape index (κ3) is 3.52. The van der Waals surface area contributed by atoms with Gasteiger partial charge < -0.3 is 4.57 Å². The monoisotopic (exact) mass is 435 g/mol. The van der Waals surface area contributed by atoms with Gasteiger partial charge >= 0.3 is 0 Å². The summed E-state index contributed by atoms with van der Waals surface area (Å²) in [4.78, 5) is 9.20. The number of nitrogens with one attached hydrogen (secondary N) is 1. The smallest absolute Gasteiger partial charge is 0.242 e. The summed E-state index contributed by atoms with van der Waals surface area (Å²) < 4.78 is 30.4. The zero-order valence-corrected chi connectivity index (χ0v) is 18.5. The average Bonchev–Trinajstić information content (AvgIpc) is 3.15. The van der Waals surface area contributed by atoms with E-state index in [4.69, 9.17) is 0 Å². The van der Waals surface area contributed by atoms with Crippen molar-refractivity contribution in [3.63, 3.8) is 0 Å². The van der Waals surface area contributed by atoms with Crippen molar-refractivity contribution in [2.45, 2.75) is 68.8 Å². The topological polar surface area (TPSA) is 101 Å². The van der Waals surface area contributed by atoms with Crippen molar-refractivity contribution in [3.8, 4) is 17.5 Å². The molecule has 2 aliphatic carbocycles. The lowest BCUT2D eigenvalue weighted by atomic mass is 10.1. The second-order valence-corrected chi connectivity index (χ2v) is 10.8. The van der Waals surface area contributed by atoms with E-state index in [2.05, 4.69) is 31.4 Å². The minimum absolute atomic E-state index is 0.139. The Labute approximate surface area is 182 Å². The first-order chi connectivity index (χ1) is 14.8. The van der Waals surface area contributed by atoms with E-state index in [0.717, 1.165) is 55.3 Å². The van der Waals surface area contributed by atoms with Crippen LogP contribution in [0.1, 0.15) is 62.6 Å². The summed E-state index contributed by atoms with van der Waals surface area (Å²) in [6, 6.07) is 7.97. The van der Waals surface area contributed by atoms with Crippen molar-refractivity contribution in [1.82, 2.24) is 19.3 Å². The van der Waals surface area contributed by atoms with Gasteiger partial charge in [-0.2, -0.15) is 5.26 Å². The molecule has 7 nitrogen and oxygen atoms in total. The maximum Gasteiger partial charge on any atom is 0.242 e. The van der Waals surface area contributed by atoms with Gasteiger partial charge in [0.1, 0.15) is 22.0 Å². The Morgan fingerprint density at radius 2 is 1.94 bits per heavy atom. The molecule has 3 aromatic rings. The number of aryl methyl sites for hydroxylation is 1. The minimum Gasteiger partial charge on any atom is -0.334 e. The summed E-state index contributed by atoms with van der Waals surface area (Å²) in [7, 11) is -3.62.